The highest BCUT2D eigenvalue weighted by atomic mass is 32.2. The number of nitrogens with zero attached hydrogens (tertiary/aromatic N) is 1. The van der Waals surface area contributed by atoms with Gasteiger partial charge in [-0.1, -0.05) is 0 Å². The smallest absolute Gasteiger partial charge is 0.269 e. The molecule has 1 unspecified atom stereocenters. The summed E-state index contributed by atoms with van der Waals surface area (Å²) in [5, 5.41) is 0. The Morgan fingerprint density at radius 3 is 2.90 bits per heavy atom. The fraction of sp³-hybridized carbons (Fsp3) is 0.462. The number of rotatable bonds is 3. The van der Waals surface area contributed by atoms with E-state index in [1.807, 2.05) is 0 Å². The van der Waals surface area contributed by atoms with Gasteiger partial charge in [-0.25, -0.2) is 12.7 Å². The maximum atomic E-state index is 12.4. The van der Waals surface area contributed by atoms with Crippen molar-refractivity contribution in [2.45, 2.75) is 30.3 Å². The largest absolute Gasteiger partial charge is 0.399 e. The number of carbonyl (C=O) groups is 1. The molecule has 7 heteroatoms. The Balaban J connectivity index is 1.85. The Hall–Kier alpha value is -1.60. The van der Waals surface area contributed by atoms with Gasteiger partial charge in [0, 0.05) is 18.8 Å². The summed E-state index contributed by atoms with van der Waals surface area (Å²) in [5.41, 5.74) is 6.14. The summed E-state index contributed by atoms with van der Waals surface area (Å²) in [6.45, 7) is 0.864. The first kappa shape index (κ1) is 13.4. The SMILES string of the molecule is Nc1ccc2c(c1)S(=O)(=O)N(CCC1CCCO1)C2=O. The Kier molecular flexibility index (Phi) is 3.18. The van der Waals surface area contributed by atoms with Crippen LogP contribution in [0, 0.1) is 0 Å². The van der Waals surface area contributed by atoms with E-state index >= 15 is 0 Å². The molecule has 1 atom stereocenters. The second kappa shape index (κ2) is 4.75. The third-order valence-electron chi connectivity index (χ3n) is 3.71. The van der Waals surface area contributed by atoms with Gasteiger partial charge < -0.3 is 10.5 Å². The molecule has 2 N–H and O–H groups in total. The van der Waals surface area contributed by atoms with Gasteiger partial charge in [0.05, 0.1) is 11.7 Å². The van der Waals surface area contributed by atoms with Crippen molar-refractivity contribution in [1.29, 1.82) is 0 Å². The molecule has 0 spiro atoms. The maximum Gasteiger partial charge on any atom is 0.269 e. The summed E-state index contributed by atoms with van der Waals surface area (Å²) in [6, 6.07) is 4.35. The van der Waals surface area contributed by atoms with Crippen molar-refractivity contribution in [3.63, 3.8) is 0 Å². The number of hydrogen-bond acceptors (Lipinski definition) is 5. The molecule has 1 saturated heterocycles. The van der Waals surface area contributed by atoms with Crippen LogP contribution in [-0.2, 0) is 14.8 Å². The zero-order valence-corrected chi connectivity index (χ0v) is 11.7. The van der Waals surface area contributed by atoms with Crippen molar-refractivity contribution in [2.24, 2.45) is 0 Å². The molecule has 1 aromatic carbocycles. The van der Waals surface area contributed by atoms with Crippen LogP contribution in [0.3, 0.4) is 0 Å². The molecule has 0 radical (unpaired) electrons. The molecule has 3 rings (SSSR count). The van der Waals surface area contributed by atoms with Crippen LogP contribution in [0.4, 0.5) is 5.69 Å². The van der Waals surface area contributed by atoms with E-state index in [9.17, 15) is 13.2 Å². The van der Waals surface area contributed by atoms with E-state index in [0.717, 1.165) is 17.1 Å². The normalized spacial score (nSPS) is 24.1. The number of nitrogen functional groups attached to an aromatic ring is 1. The van der Waals surface area contributed by atoms with Crippen molar-refractivity contribution in [1.82, 2.24) is 4.31 Å². The molecule has 1 fully saturated rings. The van der Waals surface area contributed by atoms with Gasteiger partial charge in [0.1, 0.15) is 4.90 Å². The van der Waals surface area contributed by atoms with E-state index in [1.165, 1.54) is 18.2 Å². The summed E-state index contributed by atoms with van der Waals surface area (Å²) in [7, 11) is -3.76. The molecule has 6 nitrogen and oxygen atoms in total. The Morgan fingerprint density at radius 1 is 1.40 bits per heavy atom. The first-order chi connectivity index (χ1) is 9.50. The van der Waals surface area contributed by atoms with Crippen LogP contribution in [0.2, 0.25) is 0 Å². The van der Waals surface area contributed by atoms with Crippen molar-refractivity contribution < 1.29 is 17.9 Å². The van der Waals surface area contributed by atoms with Crippen LogP contribution in [0.15, 0.2) is 23.1 Å². The lowest BCUT2D eigenvalue weighted by atomic mass is 10.1. The standard InChI is InChI=1S/C13H16N2O4S/c14-9-3-4-11-12(8-9)20(17,18)15(13(11)16)6-5-10-2-1-7-19-10/h3-4,8,10H,1-2,5-7,14H2. The predicted octanol–water partition coefficient (Wildman–Crippen LogP) is 0.982. The van der Waals surface area contributed by atoms with Crippen LogP contribution in [-0.4, -0.2) is 37.9 Å². The highest BCUT2D eigenvalue weighted by Gasteiger charge is 2.41. The van der Waals surface area contributed by atoms with Crippen molar-refractivity contribution in [3.05, 3.63) is 23.8 Å². The fourth-order valence-electron chi connectivity index (χ4n) is 2.65. The van der Waals surface area contributed by atoms with Crippen LogP contribution in [0.1, 0.15) is 29.6 Å². The van der Waals surface area contributed by atoms with E-state index in [-0.39, 0.29) is 23.1 Å². The number of hydrogen-bond donors (Lipinski definition) is 1. The summed E-state index contributed by atoms with van der Waals surface area (Å²) in [4.78, 5) is 12.2. The molecule has 0 bridgehead atoms. The highest BCUT2D eigenvalue weighted by Crippen LogP contribution is 2.32. The molecule has 2 heterocycles. The highest BCUT2D eigenvalue weighted by molar-refractivity contribution is 7.90. The molecule has 0 aliphatic carbocycles. The summed E-state index contributed by atoms with van der Waals surface area (Å²) in [5.74, 6) is -0.474. The molecule has 0 saturated carbocycles. The quantitative estimate of drug-likeness (QED) is 0.840. The molecule has 0 aromatic heterocycles. The number of benzene rings is 1. The van der Waals surface area contributed by atoms with Crippen LogP contribution in [0.25, 0.3) is 0 Å². The van der Waals surface area contributed by atoms with E-state index in [1.54, 1.807) is 0 Å². The van der Waals surface area contributed by atoms with E-state index in [2.05, 4.69) is 0 Å². The lowest BCUT2D eigenvalue weighted by Gasteiger charge is -2.17. The Morgan fingerprint density at radius 2 is 2.20 bits per heavy atom. The number of sulfonamides is 1. The first-order valence-corrected chi connectivity index (χ1v) is 8.02. The van der Waals surface area contributed by atoms with E-state index in [4.69, 9.17) is 10.5 Å². The summed E-state index contributed by atoms with van der Waals surface area (Å²) in [6.07, 6.45) is 2.49. The number of anilines is 1. The van der Waals surface area contributed by atoms with Crippen molar-refractivity contribution in [3.8, 4) is 0 Å². The third-order valence-corrected chi connectivity index (χ3v) is 5.53. The van der Waals surface area contributed by atoms with Crippen molar-refractivity contribution in [2.75, 3.05) is 18.9 Å². The van der Waals surface area contributed by atoms with Gasteiger partial charge in [0.15, 0.2) is 0 Å². The molecule has 2 aliphatic heterocycles. The van der Waals surface area contributed by atoms with Crippen LogP contribution in [0.5, 0.6) is 0 Å². The van der Waals surface area contributed by atoms with Gasteiger partial charge in [-0.05, 0) is 37.5 Å². The molecule has 1 aromatic rings. The van der Waals surface area contributed by atoms with E-state index < -0.39 is 15.9 Å². The van der Waals surface area contributed by atoms with E-state index in [0.29, 0.717) is 18.7 Å². The molecular weight excluding hydrogens is 280 g/mol. The minimum Gasteiger partial charge on any atom is -0.399 e. The topological polar surface area (TPSA) is 89.7 Å². The van der Waals surface area contributed by atoms with Gasteiger partial charge >= 0.3 is 0 Å². The molecule has 108 valence electrons. The minimum atomic E-state index is -3.76. The monoisotopic (exact) mass is 296 g/mol. The number of fused-ring (bicyclic) bond motifs is 1. The number of nitrogens with two attached hydrogens (primary N) is 1. The van der Waals surface area contributed by atoms with Gasteiger partial charge in [0.25, 0.3) is 15.9 Å². The number of amides is 1. The van der Waals surface area contributed by atoms with Gasteiger partial charge in [-0.3, -0.25) is 4.79 Å². The average molecular weight is 296 g/mol. The zero-order chi connectivity index (χ0) is 14.3. The maximum absolute atomic E-state index is 12.4. The number of ether oxygens (including phenoxy) is 1. The van der Waals surface area contributed by atoms with Crippen LogP contribution >= 0.6 is 0 Å². The predicted molar refractivity (Wildman–Crippen MR) is 72.7 cm³/mol. The van der Waals surface area contributed by atoms with Gasteiger partial charge in [-0.2, -0.15) is 0 Å². The summed E-state index contributed by atoms with van der Waals surface area (Å²) < 4.78 is 31.1. The zero-order valence-electron chi connectivity index (χ0n) is 10.9. The Labute approximate surface area is 117 Å². The lowest BCUT2D eigenvalue weighted by Crippen LogP contribution is -2.32. The fourth-order valence-corrected chi connectivity index (χ4v) is 4.26. The molecule has 2 aliphatic rings. The molecule has 1 amide bonds. The Bertz CT molecular complexity index is 650. The number of carbonyl (C=O) groups excluding carboxylic acids is 1. The van der Waals surface area contributed by atoms with Crippen LogP contribution < -0.4 is 5.73 Å². The van der Waals surface area contributed by atoms with Gasteiger partial charge in [-0.15, -0.1) is 0 Å². The first-order valence-electron chi connectivity index (χ1n) is 6.58. The summed E-state index contributed by atoms with van der Waals surface area (Å²) >= 11 is 0. The molecular formula is C13H16N2O4S. The van der Waals surface area contributed by atoms with Crippen molar-refractivity contribution >= 4 is 21.6 Å². The third kappa shape index (κ3) is 2.06. The molecule has 20 heavy (non-hydrogen) atoms. The average Bonchev–Trinajstić information content (AvgIpc) is 2.96. The second-order valence-electron chi connectivity index (χ2n) is 5.06. The second-order valence-corrected chi connectivity index (χ2v) is 6.89. The minimum absolute atomic E-state index is 0.00911. The van der Waals surface area contributed by atoms with Gasteiger partial charge in [0.2, 0.25) is 0 Å². The lowest BCUT2D eigenvalue weighted by molar-refractivity contribution is 0.0804.